The SMILES string of the molecule is CC(C)(C)OC(=O)N1CC[C@H](Oc2ccc([C@H](Cc3ccc4ccc(C#N)cc4c3)C(=O)[O-])cc2)C1. The standard InChI is InChI=1S/C29H30N2O5/c1-29(2,3)36-28(34)31-13-12-25(18-31)35-24-10-8-22(9-11-24)26(27(32)33)16-19-4-6-21-7-5-20(17-30)15-23(21)14-19/h4-11,14-15,25-26H,12-13,16,18H2,1-3H3,(H,32,33)/p-1/t25-,26-/m0/s1. The highest BCUT2D eigenvalue weighted by molar-refractivity contribution is 5.84. The first kappa shape index (κ1) is 25.1. The molecule has 0 saturated carbocycles. The molecule has 7 heteroatoms. The Kier molecular flexibility index (Phi) is 7.16. The summed E-state index contributed by atoms with van der Waals surface area (Å²) in [4.78, 5) is 25.9. The van der Waals surface area contributed by atoms with Gasteiger partial charge in [-0.05, 0) is 73.4 Å². The van der Waals surface area contributed by atoms with Crippen LogP contribution in [0.15, 0.2) is 60.7 Å². The highest BCUT2D eigenvalue weighted by Crippen LogP contribution is 2.27. The molecule has 4 rings (SSSR count). The summed E-state index contributed by atoms with van der Waals surface area (Å²) in [6, 6.07) is 20.3. The van der Waals surface area contributed by atoms with Crippen molar-refractivity contribution in [2.45, 2.75) is 51.2 Å². The molecule has 1 saturated heterocycles. The smallest absolute Gasteiger partial charge is 0.410 e. The zero-order valence-electron chi connectivity index (χ0n) is 20.7. The van der Waals surface area contributed by atoms with Crippen molar-refractivity contribution in [2.75, 3.05) is 13.1 Å². The van der Waals surface area contributed by atoms with Gasteiger partial charge in [0.1, 0.15) is 17.5 Å². The van der Waals surface area contributed by atoms with Crippen molar-refractivity contribution in [3.05, 3.63) is 77.4 Å². The van der Waals surface area contributed by atoms with Crippen LogP contribution in [-0.2, 0) is 16.0 Å². The normalized spacial score (nSPS) is 16.4. The van der Waals surface area contributed by atoms with E-state index in [0.29, 0.717) is 36.4 Å². The molecule has 1 aliphatic rings. The third-order valence-electron chi connectivity index (χ3n) is 6.14. The van der Waals surface area contributed by atoms with Crippen molar-refractivity contribution in [3.8, 4) is 11.8 Å². The van der Waals surface area contributed by atoms with Gasteiger partial charge in [0, 0.05) is 24.9 Å². The Morgan fingerprint density at radius 2 is 1.81 bits per heavy atom. The molecule has 2 atom stereocenters. The molecule has 0 bridgehead atoms. The van der Waals surface area contributed by atoms with Crippen molar-refractivity contribution < 1.29 is 24.2 Å². The summed E-state index contributed by atoms with van der Waals surface area (Å²) < 4.78 is 11.5. The molecule has 0 aromatic heterocycles. The van der Waals surface area contributed by atoms with Gasteiger partial charge >= 0.3 is 6.09 Å². The Morgan fingerprint density at radius 1 is 1.08 bits per heavy atom. The van der Waals surface area contributed by atoms with E-state index in [1.165, 1.54) is 0 Å². The summed E-state index contributed by atoms with van der Waals surface area (Å²) in [5, 5.41) is 23.0. The lowest BCUT2D eigenvalue weighted by atomic mass is 9.91. The van der Waals surface area contributed by atoms with Gasteiger partial charge in [-0.2, -0.15) is 5.26 Å². The van der Waals surface area contributed by atoms with E-state index in [2.05, 4.69) is 6.07 Å². The van der Waals surface area contributed by atoms with Crippen LogP contribution in [0.1, 0.15) is 49.8 Å². The van der Waals surface area contributed by atoms with Crippen LogP contribution in [0.2, 0.25) is 0 Å². The number of nitriles is 1. The minimum Gasteiger partial charge on any atom is -0.549 e. The summed E-state index contributed by atoms with van der Waals surface area (Å²) in [5.41, 5.74) is 1.48. The number of nitrogens with zero attached hydrogens (tertiary/aromatic N) is 2. The third-order valence-corrected chi connectivity index (χ3v) is 6.14. The second-order valence-electron chi connectivity index (χ2n) is 10.1. The van der Waals surface area contributed by atoms with Crippen LogP contribution in [0, 0.1) is 11.3 Å². The second kappa shape index (κ2) is 10.3. The Bertz CT molecular complexity index is 1300. The number of ether oxygens (including phenoxy) is 2. The lowest BCUT2D eigenvalue weighted by Gasteiger charge is -2.24. The van der Waals surface area contributed by atoms with Crippen molar-refractivity contribution in [1.82, 2.24) is 4.90 Å². The summed E-state index contributed by atoms with van der Waals surface area (Å²) in [7, 11) is 0. The maximum absolute atomic E-state index is 12.3. The first-order valence-electron chi connectivity index (χ1n) is 12.0. The van der Waals surface area contributed by atoms with Crippen LogP contribution in [0.5, 0.6) is 5.75 Å². The minimum atomic E-state index is -1.15. The van der Waals surface area contributed by atoms with E-state index < -0.39 is 17.5 Å². The molecule has 0 N–H and O–H groups in total. The van der Waals surface area contributed by atoms with Crippen molar-refractivity contribution in [3.63, 3.8) is 0 Å². The Labute approximate surface area is 210 Å². The fourth-order valence-corrected chi connectivity index (χ4v) is 4.35. The fourth-order valence-electron chi connectivity index (χ4n) is 4.35. The van der Waals surface area contributed by atoms with Gasteiger partial charge in [0.15, 0.2) is 0 Å². The van der Waals surface area contributed by atoms with E-state index >= 15 is 0 Å². The molecular formula is C29H29N2O5-. The highest BCUT2D eigenvalue weighted by atomic mass is 16.6. The van der Waals surface area contributed by atoms with Gasteiger partial charge in [-0.3, -0.25) is 0 Å². The lowest BCUT2D eigenvalue weighted by Crippen LogP contribution is -2.36. The average Bonchev–Trinajstić information content (AvgIpc) is 3.30. The molecule has 1 fully saturated rings. The summed E-state index contributed by atoms with van der Waals surface area (Å²) >= 11 is 0. The number of rotatable bonds is 6. The number of hydrogen-bond donors (Lipinski definition) is 0. The quantitative estimate of drug-likeness (QED) is 0.519. The van der Waals surface area contributed by atoms with Crippen molar-refractivity contribution in [1.29, 1.82) is 5.26 Å². The maximum atomic E-state index is 12.3. The van der Waals surface area contributed by atoms with Crippen molar-refractivity contribution in [2.24, 2.45) is 0 Å². The first-order valence-corrected chi connectivity index (χ1v) is 12.0. The van der Waals surface area contributed by atoms with Gasteiger partial charge in [-0.25, -0.2) is 4.79 Å². The summed E-state index contributed by atoms with van der Waals surface area (Å²) in [5.74, 6) is -1.37. The molecule has 1 aliphatic heterocycles. The van der Waals surface area contributed by atoms with Crippen LogP contribution in [-0.4, -0.2) is 41.8 Å². The molecule has 0 spiro atoms. The second-order valence-corrected chi connectivity index (χ2v) is 10.1. The summed E-state index contributed by atoms with van der Waals surface area (Å²) in [6.45, 7) is 6.50. The number of carboxylic acids is 1. The Hall–Kier alpha value is -4.05. The molecule has 3 aromatic carbocycles. The lowest BCUT2D eigenvalue weighted by molar-refractivity contribution is -0.308. The van der Waals surface area contributed by atoms with E-state index in [-0.39, 0.29) is 18.6 Å². The Morgan fingerprint density at radius 3 is 2.47 bits per heavy atom. The van der Waals surface area contributed by atoms with E-state index in [9.17, 15) is 14.7 Å². The minimum absolute atomic E-state index is 0.156. The van der Waals surface area contributed by atoms with E-state index in [0.717, 1.165) is 16.3 Å². The summed E-state index contributed by atoms with van der Waals surface area (Å²) in [6.07, 6.45) is 0.454. The van der Waals surface area contributed by atoms with Crippen LogP contribution >= 0.6 is 0 Å². The number of hydrogen-bond acceptors (Lipinski definition) is 6. The molecule has 0 unspecified atom stereocenters. The van der Waals surface area contributed by atoms with Gasteiger partial charge in [0.25, 0.3) is 0 Å². The van der Waals surface area contributed by atoms with E-state index in [1.54, 1.807) is 41.3 Å². The topological polar surface area (TPSA) is 103 Å². The molecule has 1 heterocycles. The maximum Gasteiger partial charge on any atom is 0.410 e. The number of amides is 1. The zero-order chi connectivity index (χ0) is 25.9. The van der Waals surface area contributed by atoms with Crippen LogP contribution < -0.4 is 9.84 Å². The zero-order valence-corrected chi connectivity index (χ0v) is 20.7. The highest BCUT2D eigenvalue weighted by Gasteiger charge is 2.31. The number of likely N-dealkylation sites (tertiary alicyclic amines) is 1. The van der Waals surface area contributed by atoms with E-state index in [4.69, 9.17) is 14.7 Å². The largest absolute Gasteiger partial charge is 0.549 e. The molecular weight excluding hydrogens is 456 g/mol. The average molecular weight is 486 g/mol. The third kappa shape index (κ3) is 6.14. The van der Waals surface area contributed by atoms with Gasteiger partial charge in [-0.1, -0.05) is 36.4 Å². The monoisotopic (exact) mass is 485 g/mol. The van der Waals surface area contributed by atoms with Gasteiger partial charge in [0.2, 0.25) is 0 Å². The van der Waals surface area contributed by atoms with Crippen LogP contribution in [0.25, 0.3) is 10.8 Å². The van der Waals surface area contributed by atoms with E-state index in [1.807, 2.05) is 45.0 Å². The fraction of sp³-hybridized carbons (Fsp3) is 0.345. The van der Waals surface area contributed by atoms with Gasteiger partial charge < -0.3 is 24.3 Å². The van der Waals surface area contributed by atoms with Gasteiger partial charge in [-0.15, -0.1) is 0 Å². The number of carbonyl (C=O) groups is 2. The van der Waals surface area contributed by atoms with Gasteiger partial charge in [0.05, 0.1) is 18.2 Å². The molecule has 0 radical (unpaired) electrons. The van der Waals surface area contributed by atoms with Crippen molar-refractivity contribution >= 4 is 22.8 Å². The van der Waals surface area contributed by atoms with Crippen LogP contribution in [0.4, 0.5) is 4.79 Å². The molecule has 3 aromatic rings. The number of carboxylic acid groups (broad SMARTS) is 1. The van der Waals surface area contributed by atoms with Crippen LogP contribution in [0.3, 0.4) is 0 Å². The number of aliphatic carboxylic acids is 1. The molecule has 0 aliphatic carbocycles. The Balaban J connectivity index is 1.41. The molecule has 1 amide bonds. The molecule has 186 valence electrons. The number of benzene rings is 3. The first-order chi connectivity index (χ1) is 17.1. The molecule has 7 nitrogen and oxygen atoms in total. The predicted octanol–water partition coefficient (Wildman–Crippen LogP) is 4.18. The predicted molar refractivity (Wildman–Crippen MR) is 133 cm³/mol. The number of fused-ring (bicyclic) bond motifs is 1. The number of carbonyl (C=O) groups excluding carboxylic acids is 2. The molecule has 36 heavy (non-hydrogen) atoms.